The quantitative estimate of drug-likeness (QED) is 0.0367. The van der Waals surface area contributed by atoms with Gasteiger partial charge in [0.2, 0.25) is 0 Å². The summed E-state index contributed by atoms with van der Waals surface area (Å²) in [5, 5.41) is 12.7. The van der Waals surface area contributed by atoms with Crippen molar-refractivity contribution in [3.05, 3.63) is 126 Å². The van der Waals surface area contributed by atoms with E-state index in [9.17, 15) is 64.9 Å². The van der Waals surface area contributed by atoms with Gasteiger partial charge in [0.15, 0.2) is 0 Å². The van der Waals surface area contributed by atoms with E-state index in [0.717, 1.165) is 30.4 Å². The van der Waals surface area contributed by atoms with Gasteiger partial charge in [-0.15, -0.1) is 14.1 Å². The fourth-order valence-electron chi connectivity index (χ4n) is 8.03. The molecule has 3 heterocycles. The number of hydrogen-bond acceptors (Lipinski definition) is 13. The van der Waals surface area contributed by atoms with Gasteiger partial charge in [0, 0.05) is 16.2 Å². The first-order valence-corrected chi connectivity index (χ1v) is 26.7. The standard InChI is InChI=1S/C41H30N8O15S5/c1-22-16-35(48-47-34-15-10-25-17-28(65(50,51)52)13-14-29(25)41(34)49(47)48)39(69(62,63)64)20-32(22)43-42-26-11-8-23(36(18-26)66(53,54)55)6-7-24-9-12-27(19-37(24)67(56,57)58)44-46-40-31-5-3-2-4-30(31)38(68(59,60)61)21-33(40)45-46/h2-21,44-45H,1H3,(H,50,51,52)(H,53,54,55)(H,56,57,58)(H,59,60,61)(H,62,63,64). The second-order valence-electron chi connectivity index (χ2n) is 15.5. The molecule has 0 unspecified atom stereocenters. The summed E-state index contributed by atoms with van der Waals surface area (Å²) in [6, 6.07) is 24.5. The molecule has 0 aliphatic heterocycles. The summed E-state index contributed by atoms with van der Waals surface area (Å²) in [6.45, 7) is 1.56. The highest BCUT2D eigenvalue weighted by Crippen LogP contribution is 2.38. The van der Waals surface area contributed by atoms with Gasteiger partial charge < -0.3 is 0 Å². The van der Waals surface area contributed by atoms with Gasteiger partial charge >= 0.3 is 0 Å². The summed E-state index contributed by atoms with van der Waals surface area (Å²) in [4.78, 5) is 0.256. The topological polar surface area (TPSA) is 343 Å². The number of aromatic nitrogens is 5. The fourth-order valence-corrected chi connectivity index (χ4v) is 11.3. The highest BCUT2D eigenvalue weighted by Gasteiger charge is 2.31. The average molecular weight is 1040 g/mol. The van der Waals surface area contributed by atoms with Crippen molar-refractivity contribution >= 4 is 123 Å². The third kappa shape index (κ3) is 8.01. The lowest BCUT2D eigenvalue weighted by Crippen LogP contribution is -2.20. The summed E-state index contributed by atoms with van der Waals surface area (Å²) in [6.07, 6.45) is 2.32. The number of nitrogens with zero attached hydrogens (tertiary/aromatic N) is 6. The fraction of sp³-hybridized carbons (Fsp3) is 0.0244. The second-order valence-corrected chi connectivity index (χ2v) is 22.5. The lowest BCUT2D eigenvalue weighted by Gasteiger charge is -2.21. The van der Waals surface area contributed by atoms with Gasteiger partial charge in [0.25, 0.3) is 50.6 Å². The smallest absolute Gasteiger partial charge is 0.282 e. The molecule has 69 heavy (non-hydrogen) atoms. The lowest BCUT2D eigenvalue weighted by molar-refractivity contribution is 0.480. The summed E-state index contributed by atoms with van der Waals surface area (Å²) in [7, 11) is -23.9. The van der Waals surface area contributed by atoms with Crippen LogP contribution in [0.15, 0.2) is 144 Å². The number of aryl methyl sites for hydroxylation is 1. The molecule has 10 aromatic rings. The number of H-pyrrole nitrogens is 1. The van der Waals surface area contributed by atoms with Gasteiger partial charge in [0.1, 0.15) is 41.8 Å². The molecule has 0 saturated carbocycles. The first-order chi connectivity index (χ1) is 32.3. The Hall–Kier alpha value is -7.25. The van der Waals surface area contributed by atoms with E-state index in [4.69, 9.17) is 0 Å². The number of aromatic amines is 1. The largest absolute Gasteiger partial charge is 0.296 e. The Balaban J connectivity index is 0.942. The molecule has 0 aliphatic rings. The molecule has 0 atom stereocenters. The highest BCUT2D eigenvalue weighted by atomic mass is 32.2. The van der Waals surface area contributed by atoms with Gasteiger partial charge in [-0.2, -0.15) is 57.1 Å². The summed E-state index contributed by atoms with van der Waals surface area (Å²) in [5.74, 6) is 0. The number of fused-ring (bicyclic) bond motifs is 9. The molecule has 0 spiro atoms. The predicted molar refractivity (Wildman–Crippen MR) is 249 cm³/mol. The number of rotatable bonds is 12. The van der Waals surface area contributed by atoms with Crippen LogP contribution in [-0.2, 0) is 50.6 Å². The van der Waals surface area contributed by atoms with Crippen LogP contribution in [-0.4, -0.2) is 88.8 Å². The molecule has 10 rings (SSSR count). The Kier molecular flexibility index (Phi) is 10.1. The van der Waals surface area contributed by atoms with Crippen LogP contribution in [0, 0.1) is 6.92 Å². The van der Waals surface area contributed by atoms with E-state index >= 15 is 0 Å². The Morgan fingerprint density at radius 3 is 1.84 bits per heavy atom. The van der Waals surface area contributed by atoms with Crippen LogP contribution in [0.3, 0.4) is 0 Å². The minimum absolute atomic E-state index is 0.00696. The molecule has 7 aromatic carbocycles. The van der Waals surface area contributed by atoms with Crippen molar-refractivity contribution in [3.63, 3.8) is 0 Å². The zero-order valence-corrected chi connectivity index (χ0v) is 38.7. The number of anilines is 1. The van der Waals surface area contributed by atoms with Crippen molar-refractivity contribution < 1.29 is 64.9 Å². The molecular weight excluding hydrogens is 1000 g/mol. The second kappa shape index (κ2) is 15.4. The number of nitrogens with one attached hydrogen (secondary N) is 2. The maximum atomic E-state index is 12.8. The van der Waals surface area contributed by atoms with E-state index < -0.39 is 65.3 Å². The minimum Gasteiger partial charge on any atom is -0.282 e. The molecule has 0 radical (unpaired) electrons. The third-order valence-corrected chi connectivity index (χ3v) is 15.6. The minimum atomic E-state index is -5.00. The van der Waals surface area contributed by atoms with Crippen molar-refractivity contribution in [2.45, 2.75) is 31.4 Å². The molecular formula is C41H30N8O15S5. The van der Waals surface area contributed by atoms with E-state index in [1.54, 1.807) is 46.5 Å². The Morgan fingerprint density at radius 1 is 0.551 bits per heavy atom. The third-order valence-electron chi connectivity index (χ3n) is 11.2. The summed E-state index contributed by atoms with van der Waals surface area (Å²) in [5.41, 5.74) is 4.89. The van der Waals surface area contributed by atoms with Crippen molar-refractivity contribution in [1.29, 1.82) is 0 Å². The summed E-state index contributed by atoms with van der Waals surface area (Å²) >= 11 is 0. The molecule has 0 bridgehead atoms. The van der Waals surface area contributed by atoms with Crippen LogP contribution in [0.5, 0.6) is 0 Å². The average Bonchev–Trinajstić information content (AvgIpc) is 3.90. The van der Waals surface area contributed by atoms with E-state index in [-0.39, 0.29) is 49.1 Å². The summed E-state index contributed by atoms with van der Waals surface area (Å²) < 4.78 is 177. The highest BCUT2D eigenvalue weighted by molar-refractivity contribution is 7.87. The number of azo groups is 1. The molecule has 28 heteroatoms. The predicted octanol–water partition coefficient (Wildman–Crippen LogP) is 7.01. The molecule has 0 saturated heterocycles. The Morgan fingerprint density at radius 2 is 1.19 bits per heavy atom. The first-order valence-electron chi connectivity index (χ1n) is 19.5. The van der Waals surface area contributed by atoms with E-state index in [2.05, 4.69) is 20.8 Å². The number of hydrogen-bond donors (Lipinski definition) is 7. The molecule has 7 N–H and O–H groups in total. The molecule has 3 aromatic heterocycles. The molecule has 0 fully saturated rings. The van der Waals surface area contributed by atoms with Crippen LogP contribution in [0.1, 0.15) is 16.7 Å². The van der Waals surface area contributed by atoms with Crippen LogP contribution < -0.4 is 5.43 Å². The molecule has 0 aliphatic carbocycles. The normalized spacial score (nSPS) is 13.5. The van der Waals surface area contributed by atoms with Crippen molar-refractivity contribution in [2.75, 3.05) is 5.43 Å². The van der Waals surface area contributed by atoms with Crippen LogP contribution >= 0.6 is 0 Å². The zero-order chi connectivity index (χ0) is 49.3. The van der Waals surface area contributed by atoms with Gasteiger partial charge in [-0.05, 0) is 89.7 Å². The van der Waals surface area contributed by atoms with Gasteiger partial charge in [0.05, 0.1) is 27.5 Å². The Bertz CT molecular complexity index is 4510. The van der Waals surface area contributed by atoms with Gasteiger partial charge in [-0.3, -0.25) is 33.3 Å². The SMILES string of the molecule is Cc1cc(-n2n3c4ccc5cc(S(=O)(=O)O)ccc5c4n23)c(S(=O)(=O)O)cc1N=Nc1ccc(C=Cc2ccc(Nn3[nH]c4cc(S(=O)(=O)O)c5ccccc5c43)cc2S(=O)(=O)O)c(S(=O)(=O)O)c1. The monoisotopic (exact) mass is 1030 g/mol. The maximum Gasteiger partial charge on any atom is 0.296 e. The van der Waals surface area contributed by atoms with Crippen molar-refractivity contribution in [3.8, 4) is 5.69 Å². The lowest BCUT2D eigenvalue weighted by atomic mass is 10.1. The van der Waals surface area contributed by atoms with E-state index in [1.807, 2.05) is 0 Å². The van der Waals surface area contributed by atoms with Crippen molar-refractivity contribution in [1.82, 2.24) is 23.9 Å². The Labute approximate surface area is 388 Å². The number of benzene rings is 7. The molecule has 23 nitrogen and oxygen atoms in total. The zero-order valence-electron chi connectivity index (χ0n) is 34.6. The van der Waals surface area contributed by atoms with Gasteiger partial charge in [-0.1, -0.05) is 60.7 Å². The van der Waals surface area contributed by atoms with Crippen LogP contribution in [0.2, 0.25) is 0 Å². The maximum absolute atomic E-state index is 12.8. The van der Waals surface area contributed by atoms with E-state index in [0.29, 0.717) is 43.8 Å². The van der Waals surface area contributed by atoms with E-state index in [1.165, 1.54) is 70.3 Å². The first kappa shape index (κ1) is 45.5. The van der Waals surface area contributed by atoms with Crippen LogP contribution in [0.4, 0.5) is 17.1 Å². The molecule has 354 valence electrons. The molecule has 0 amide bonds. The van der Waals surface area contributed by atoms with Gasteiger partial charge in [-0.25, -0.2) is 0 Å². The van der Waals surface area contributed by atoms with Crippen molar-refractivity contribution in [2.24, 2.45) is 10.2 Å². The van der Waals surface area contributed by atoms with Crippen LogP contribution in [0.25, 0.3) is 61.5 Å².